The maximum absolute atomic E-state index is 12.3. The van der Waals surface area contributed by atoms with Gasteiger partial charge in [-0.2, -0.15) is 0 Å². The molecule has 1 aromatic rings. The number of benzene rings is 1. The summed E-state index contributed by atoms with van der Waals surface area (Å²) in [6.07, 6.45) is 1.16. The van der Waals surface area contributed by atoms with Crippen LogP contribution in [0.1, 0.15) is 20.3 Å². The predicted molar refractivity (Wildman–Crippen MR) is 96.6 cm³/mol. The van der Waals surface area contributed by atoms with Gasteiger partial charge >= 0.3 is 0 Å². The highest BCUT2D eigenvalue weighted by atomic mass is 35.5. The van der Waals surface area contributed by atoms with Crippen LogP contribution in [0.4, 0.5) is 5.69 Å². The highest BCUT2D eigenvalue weighted by molar-refractivity contribution is 5.93. The first-order valence-corrected chi connectivity index (χ1v) is 7.92. The third-order valence-corrected chi connectivity index (χ3v) is 4.26. The number of anilines is 1. The van der Waals surface area contributed by atoms with E-state index in [1.165, 1.54) is 0 Å². The summed E-state index contributed by atoms with van der Waals surface area (Å²) < 4.78 is 5.26. The summed E-state index contributed by atoms with van der Waals surface area (Å²) in [5.41, 5.74) is 0.987. The standard InChI is InChI=1S/C17H27N3O2.ClH/c1-4-20(13-17(2)9-10-18-12-17)11-16(21)19-14-7-5-6-8-15(14)22-3;/h5-8,18H,4,9-13H2,1-3H3,(H,19,21);1H. The number of ether oxygens (including phenoxy) is 1. The first kappa shape index (κ1) is 19.7. The van der Waals surface area contributed by atoms with E-state index in [2.05, 4.69) is 29.4 Å². The van der Waals surface area contributed by atoms with Crippen LogP contribution in [-0.4, -0.2) is 50.6 Å². The van der Waals surface area contributed by atoms with Crippen molar-refractivity contribution >= 4 is 24.0 Å². The minimum atomic E-state index is 0. The third kappa shape index (κ3) is 5.68. The highest BCUT2D eigenvalue weighted by Crippen LogP contribution is 2.26. The molecule has 1 aliphatic heterocycles. The number of amides is 1. The van der Waals surface area contributed by atoms with Crippen LogP contribution in [0.25, 0.3) is 0 Å². The lowest BCUT2D eigenvalue weighted by Gasteiger charge is -2.30. The molecule has 1 unspecified atom stereocenters. The second kappa shape index (κ2) is 9.11. The van der Waals surface area contributed by atoms with E-state index in [0.29, 0.717) is 12.3 Å². The van der Waals surface area contributed by atoms with Crippen LogP contribution in [-0.2, 0) is 4.79 Å². The van der Waals surface area contributed by atoms with Crippen LogP contribution in [0.5, 0.6) is 5.75 Å². The van der Waals surface area contributed by atoms with Crippen molar-refractivity contribution in [3.63, 3.8) is 0 Å². The second-order valence-corrected chi connectivity index (χ2v) is 6.29. The van der Waals surface area contributed by atoms with Gasteiger partial charge in [0.25, 0.3) is 0 Å². The number of para-hydroxylation sites is 2. The molecule has 2 N–H and O–H groups in total. The van der Waals surface area contributed by atoms with E-state index in [4.69, 9.17) is 4.74 Å². The Hall–Kier alpha value is -1.30. The zero-order valence-corrected chi connectivity index (χ0v) is 15.0. The zero-order valence-electron chi connectivity index (χ0n) is 14.2. The molecule has 1 amide bonds. The molecule has 1 atom stereocenters. The zero-order chi connectivity index (χ0) is 16.0. The van der Waals surface area contributed by atoms with Crippen molar-refractivity contribution in [2.45, 2.75) is 20.3 Å². The molecule has 1 saturated heterocycles. The molecule has 0 aromatic heterocycles. The Labute approximate surface area is 145 Å². The lowest BCUT2D eigenvalue weighted by Crippen LogP contribution is -2.41. The maximum Gasteiger partial charge on any atom is 0.238 e. The summed E-state index contributed by atoms with van der Waals surface area (Å²) in [7, 11) is 1.61. The normalized spacial score (nSPS) is 20.2. The lowest BCUT2D eigenvalue weighted by molar-refractivity contribution is -0.117. The van der Waals surface area contributed by atoms with Crippen LogP contribution < -0.4 is 15.4 Å². The second-order valence-electron chi connectivity index (χ2n) is 6.29. The molecule has 1 aliphatic rings. The summed E-state index contributed by atoms with van der Waals surface area (Å²) in [4.78, 5) is 14.5. The molecule has 0 aliphatic carbocycles. The van der Waals surface area contributed by atoms with Gasteiger partial charge in [-0.3, -0.25) is 9.69 Å². The van der Waals surface area contributed by atoms with E-state index < -0.39 is 0 Å². The van der Waals surface area contributed by atoms with Gasteiger partial charge in [0.05, 0.1) is 19.3 Å². The maximum atomic E-state index is 12.3. The fraction of sp³-hybridized carbons (Fsp3) is 0.588. The molecule has 0 spiro atoms. The van der Waals surface area contributed by atoms with Crippen LogP contribution in [0.15, 0.2) is 24.3 Å². The van der Waals surface area contributed by atoms with Crippen molar-refractivity contribution in [1.29, 1.82) is 0 Å². The molecule has 0 saturated carbocycles. The number of halogens is 1. The molecule has 0 radical (unpaired) electrons. The number of carbonyl (C=O) groups is 1. The Morgan fingerprint density at radius 1 is 1.43 bits per heavy atom. The Bertz CT molecular complexity index is 504. The molecule has 5 nitrogen and oxygen atoms in total. The van der Waals surface area contributed by atoms with Crippen LogP contribution >= 0.6 is 12.4 Å². The number of methoxy groups -OCH3 is 1. The van der Waals surface area contributed by atoms with Gasteiger partial charge in [-0.1, -0.05) is 26.0 Å². The number of carbonyl (C=O) groups excluding carboxylic acids is 1. The van der Waals surface area contributed by atoms with Gasteiger partial charge in [0.1, 0.15) is 5.75 Å². The SMILES string of the molecule is CCN(CC(=O)Nc1ccccc1OC)CC1(C)CCNC1.Cl. The summed E-state index contributed by atoms with van der Waals surface area (Å²) >= 11 is 0. The van der Waals surface area contributed by atoms with Gasteiger partial charge in [-0.25, -0.2) is 0 Å². The average Bonchev–Trinajstić information content (AvgIpc) is 2.93. The largest absolute Gasteiger partial charge is 0.495 e. The van der Waals surface area contributed by atoms with Gasteiger partial charge in [0.15, 0.2) is 0 Å². The topological polar surface area (TPSA) is 53.6 Å². The van der Waals surface area contributed by atoms with E-state index in [-0.39, 0.29) is 23.7 Å². The van der Waals surface area contributed by atoms with Gasteiger partial charge in [-0.05, 0) is 37.1 Å². The Morgan fingerprint density at radius 2 is 2.17 bits per heavy atom. The molecule has 1 heterocycles. The minimum absolute atomic E-state index is 0. The van der Waals surface area contributed by atoms with Crippen LogP contribution in [0, 0.1) is 5.41 Å². The van der Waals surface area contributed by atoms with Crippen molar-refractivity contribution in [1.82, 2.24) is 10.2 Å². The smallest absolute Gasteiger partial charge is 0.238 e. The molecule has 0 bridgehead atoms. The highest BCUT2D eigenvalue weighted by Gasteiger charge is 2.30. The van der Waals surface area contributed by atoms with Gasteiger partial charge < -0.3 is 15.4 Å². The fourth-order valence-electron chi connectivity index (χ4n) is 2.96. The number of nitrogens with one attached hydrogen (secondary N) is 2. The average molecular weight is 342 g/mol. The van der Waals surface area contributed by atoms with E-state index >= 15 is 0 Å². The Kier molecular flexibility index (Phi) is 7.82. The van der Waals surface area contributed by atoms with Gasteiger partial charge in [0.2, 0.25) is 5.91 Å². The summed E-state index contributed by atoms with van der Waals surface area (Å²) in [5.74, 6) is 0.687. The van der Waals surface area contributed by atoms with Crippen molar-refractivity contribution < 1.29 is 9.53 Å². The number of rotatable bonds is 7. The molecule has 1 aromatic carbocycles. The predicted octanol–water partition coefficient (Wildman–Crippen LogP) is 2.38. The molecule has 23 heavy (non-hydrogen) atoms. The molecular weight excluding hydrogens is 314 g/mol. The Balaban J connectivity index is 0.00000264. The number of likely N-dealkylation sites (N-methyl/N-ethyl adjacent to an activating group) is 1. The number of nitrogens with zero attached hydrogens (tertiary/aromatic N) is 1. The summed E-state index contributed by atoms with van der Waals surface area (Å²) in [6, 6.07) is 7.48. The van der Waals surface area contributed by atoms with Gasteiger partial charge in [-0.15, -0.1) is 12.4 Å². The first-order chi connectivity index (χ1) is 10.6. The summed E-state index contributed by atoms with van der Waals surface area (Å²) in [6.45, 7) is 8.70. The van der Waals surface area contributed by atoms with E-state index in [1.807, 2.05) is 24.3 Å². The van der Waals surface area contributed by atoms with E-state index in [0.717, 1.165) is 38.3 Å². The fourth-order valence-corrected chi connectivity index (χ4v) is 2.96. The monoisotopic (exact) mass is 341 g/mol. The molecule has 1 fully saturated rings. The van der Waals surface area contributed by atoms with E-state index in [1.54, 1.807) is 7.11 Å². The van der Waals surface area contributed by atoms with Crippen molar-refractivity contribution in [3.05, 3.63) is 24.3 Å². The van der Waals surface area contributed by atoms with Crippen LogP contribution in [0.3, 0.4) is 0 Å². The van der Waals surface area contributed by atoms with E-state index in [9.17, 15) is 4.79 Å². The Morgan fingerprint density at radius 3 is 2.78 bits per heavy atom. The minimum Gasteiger partial charge on any atom is -0.495 e. The quantitative estimate of drug-likeness (QED) is 0.799. The number of hydrogen-bond acceptors (Lipinski definition) is 4. The molecular formula is C17H28ClN3O2. The first-order valence-electron chi connectivity index (χ1n) is 7.92. The molecule has 2 rings (SSSR count). The number of hydrogen-bond donors (Lipinski definition) is 2. The van der Waals surface area contributed by atoms with Crippen molar-refractivity contribution in [2.75, 3.05) is 45.2 Å². The van der Waals surface area contributed by atoms with Gasteiger partial charge in [0, 0.05) is 13.1 Å². The van der Waals surface area contributed by atoms with Crippen molar-refractivity contribution in [2.24, 2.45) is 5.41 Å². The molecule has 6 heteroatoms. The third-order valence-electron chi connectivity index (χ3n) is 4.26. The van der Waals surface area contributed by atoms with Crippen molar-refractivity contribution in [3.8, 4) is 5.75 Å². The summed E-state index contributed by atoms with van der Waals surface area (Å²) in [5, 5.41) is 6.35. The molecule has 130 valence electrons. The lowest BCUT2D eigenvalue weighted by atomic mass is 9.89. The van der Waals surface area contributed by atoms with Crippen LogP contribution in [0.2, 0.25) is 0 Å².